The van der Waals surface area contributed by atoms with Crippen molar-refractivity contribution in [1.82, 2.24) is 10.2 Å². The number of rotatable bonds is 8. The van der Waals surface area contributed by atoms with Gasteiger partial charge in [-0.05, 0) is 57.6 Å². The standard InChI is InChI=1S/C16H28N2S/c1-14(2)18(13-16-9-5-12-19-16)11-6-10-17-15-7-3-4-8-15/h5,9,12,14-15,17H,3-4,6-8,10-11,13H2,1-2H3. The Morgan fingerprint density at radius 1 is 1.37 bits per heavy atom. The Bertz CT molecular complexity index is 329. The van der Waals surface area contributed by atoms with E-state index in [-0.39, 0.29) is 0 Å². The minimum absolute atomic E-state index is 0.633. The Morgan fingerprint density at radius 2 is 2.16 bits per heavy atom. The predicted molar refractivity (Wildman–Crippen MR) is 84.7 cm³/mol. The summed E-state index contributed by atoms with van der Waals surface area (Å²) in [6.07, 6.45) is 6.90. The third-order valence-electron chi connectivity index (χ3n) is 4.08. The van der Waals surface area contributed by atoms with Crippen molar-refractivity contribution in [2.45, 2.75) is 64.6 Å². The van der Waals surface area contributed by atoms with Gasteiger partial charge in [-0.3, -0.25) is 4.90 Å². The van der Waals surface area contributed by atoms with Crippen LogP contribution in [-0.2, 0) is 6.54 Å². The van der Waals surface area contributed by atoms with Crippen LogP contribution in [-0.4, -0.2) is 30.1 Å². The summed E-state index contributed by atoms with van der Waals surface area (Å²) in [4.78, 5) is 4.07. The van der Waals surface area contributed by atoms with Crippen LogP contribution in [0.15, 0.2) is 17.5 Å². The fourth-order valence-electron chi connectivity index (χ4n) is 2.84. The quantitative estimate of drug-likeness (QED) is 0.727. The van der Waals surface area contributed by atoms with E-state index in [1.54, 1.807) is 0 Å². The van der Waals surface area contributed by atoms with Crippen LogP contribution in [0.25, 0.3) is 0 Å². The normalized spacial score (nSPS) is 16.8. The zero-order chi connectivity index (χ0) is 13.5. The van der Waals surface area contributed by atoms with Gasteiger partial charge in [0.15, 0.2) is 0 Å². The highest BCUT2D eigenvalue weighted by atomic mass is 32.1. The first-order valence-electron chi connectivity index (χ1n) is 7.75. The molecule has 0 aromatic carbocycles. The van der Waals surface area contributed by atoms with Crippen LogP contribution in [0.3, 0.4) is 0 Å². The molecule has 0 aliphatic heterocycles. The third kappa shape index (κ3) is 5.25. The fourth-order valence-corrected chi connectivity index (χ4v) is 3.57. The van der Waals surface area contributed by atoms with E-state index in [1.165, 1.54) is 50.1 Å². The highest BCUT2D eigenvalue weighted by molar-refractivity contribution is 7.09. The van der Waals surface area contributed by atoms with Crippen molar-refractivity contribution in [3.05, 3.63) is 22.4 Å². The number of nitrogens with one attached hydrogen (secondary N) is 1. The maximum Gasteiger partial charge on any atom is 0.0330 e. The van der Waals surface area contributed by atoms with Gasteiger partial charge in [-0.25, -0.2) is 0 Å². The monoisotopic (exact) mass is 280 g/mol. The molecule has 1 heterocycles. The Balaban J connectivity index is 1.65. The highest BCUT2D eigenvalue weighted by Gasteiger charge is 2.14. The van der Waals surface area contributed by atoms with Gasteiger partial charge in [0.05, 0.1) is 0 Å². The first-order chi connectivity index (χ1) is 9.25. The summed E-state index contributed by atoms with van der Waals surface area (Å²) in [7, 11) is 0. The fraction of sp³-hybridized carbons (Fsp3) is 0.750. The second kappa shape index (κ2) is 8.03. The van der Waals surface area contributed by atoms with E-state index in [0.717, 1.165) is 12.6 Å². The van der Waals surface area contributed by atoms with Crippen molar-refractivity contribution in [1.29, 1.82) is 0 Å². The summed E-state index contributed by atoms with van der Waals surface area (Å²) in [5, 5.41) is 5.89. The molecular formula is C16H28N2S. The molecule has 0 bridgehead atoms. The van der Waals surface area contributed by atoms with Crippen LogP contribution in [0.2, 0.25) is 0 Å². The summed E-state index contributed by atoms with van der Waals surface area (Å²) in [6.45, 7) is 8.10. The van der Waals surface area contributed by atoms with E-state index in [0.29, 0.717) is 6.04 Å². The summed E-state index contributed by atoms with van der Waals surface area (Å²) < 4.78 is 0. The SMILES string of the molecule is CC(C)N(CCCNC1CCCC1)Cc1cccs1. The van der Waals surface area contributed by atoms with Crippen molar-refractivity contribution in [3.63, 3.8) is 0 Å². The largest absolute Gasteiger partial charge is 0.314 e. The van der Waals surface area contributed by atoms with Crippen LogP contribution >= 0.6 is 11.3 Å². The molecule has 1 fully saturated rings. The van der Waals surface area contributed by atoms with Gasteiger partial charge in [0.1, 0.15) is 0 Å². The average molecular weight is 280 g/mol. The molecule has 0 spiro atoms. The van der Waals surface area contributed by atoms with Crippen LogP contribution in [0, 0.1) is 0 Å². The van der Waals surface area contributed by atoms with Gasteiger partial charge in [-0.1, -0.05) is 18.9 Å². The lowest BCUT2D eigenvalue weighted by atomic mass is 10.2. The second-order valence-corrected chi connectivity index (χ2v) is 6.96. The van der Waals surface area contributed by atoms with E-state index in [2.05, 4.69) is 41.6 Å². The number of thiophene rings is 1. The molecular weight excluding hydrogens is 252 g/mol. The van der Waals surface area contributed by atoms with Crippen molar-refractivity contribution < 1.29 is 0 Å². The number of hydrogen-bond acceptors (Lipinski definition) is 3. The first-order valence-corrected chi connectivity index (χ1v) is 8.63. The Kier molecular flexibility index (Phi) is 6.35. The van der Waals surface area contributed by atoms with E-state index in [9.17, 15) is 0 Å². The molecule has 2 nitrogen and oxygen atoms in total. The molecule has 3 heteroatoms. The Hall–Kier alpha value is -0.380. The molecule has 1 N–H and O–H groups in total. The number of hydrogen-bond donors (Lipinski definition) is 1. The van der Waals surface area contributed by atoms with Gasteiger partial charge >= 0.3 is 0 Å². The van der Waals surface area contributed by atoms with Gasteiger partial charge in [-0.2, -0.15) is 0 Å². The zero-order valence-electron chi connectivity index (χ0n) is 12.4. The molecule has 0 radical (unpaired) electrons. The van der Waals surface area contributed by atoms with Crippen molar-refractivity contribution in [2.75, 3.05) is 13.1 Å². The molecule has 0 atom stereocenters. The smallest absolute Gasteiger partial charge is 0.0330 e. The first kappa shape index (κ1) is 15.0. The number of nitrogens with zero attached hydrogens (tertiary/aromatic N) is 1. The van der Waals surface area contributed by atoms with Gasteiger partial charge in [0.25, 0.3) is 0 Å². The Labute approximate surface area is 122 Å². The van der Waals surface area contributed by atoms with Crippen molar-refractivity contribution >= 4 is 11.3 Å². The minimum atomic E-state index is 0.633. The third-order valence-corrected chi connectivity index (χ3v) is 4.94. The molecule has 1 aliphatic rings. The lowest BCUT2D eigenvalue weighted by Crippen LogP contribution is -2.34. The zero-order valence-corrected chi connectivity index (χ0v) is 13.2. The maximum absolute atomic E-state index is 3.71. The average Bonchev–Trinajstić information content (AvgIpc) is 3.05. The highest BCUT2D eigenvalue weighted by Crippen LogP contribution is 2.17. The molecule has 1 aromatic rings. The van der Waals surface area contributed by atoms with E-state index in [1.807, 2.05) is 11.3 Å². The summed E-state index contributed by atoms with van der Waals surface area (Å²) >= 11 is 1.87. The van der Waals surface area contributed by atoms with Gasteiger partial charge in [-0.15, -0.1) is 11.3 Å². The van der Waals surface area contributed by atoms with Gasteiger partial charge < -0.3 is 5.32 Å². The van der Waals surface area contributed by atoms with E-state index >= 15 is 0 Å². The maximum atomic E-state index is 3.71. The minimum Gasteiger partial charge on any atom is -0.314 e. The summed E-state index contributed by atoms with van der Waals surface area (Å²) in [5.74, 6) is 0. The Morgan fingerprint density at radius 3 is 2.79 bits per heavy atom. The predicted octanol–water partition coefficient (Wildman–Crippen LogP) is 3.88. The van der Waals surface area contributed by atoms with Crippen LogP contribution in [0.5, 0.6) is 0 Å². The second-order valence-electron chi connectivity index (χ2n) is 5.93. The van der Waals surface area contributed by atoms with Crippen molar-refractivity contribution in [3.8, 4) is 0 Å². The van der Waals surface area contributed by atoms with Gasteiger partial charge in [0, 0.05) is 23.5 Å². The summed E-state index contributed by atoms with van der Waals surface area (Å²) in [6, 6.07) is 5.84. The molecule has 2 rings (SSSR count). The molecule has 1 saturated carbocycles. The molecule has 19 heavy (non-hydrogen) atoms. The molecule has 1 aromatic heterocycles. The lowest BCUT2D eigenvalue weighted by Gasteiger charge is -2.26. The molecule has 0 saturated heterocycles. The van der Waals surface area contributed by atoms with Crippen LogP contribution < -0.4 is 5.32 Å². The topological polar surface area (TPSA) is 15.3 Å². The van der Waals surface area contributed by atoms with Gasteiger partial charge in [0.2, 0.25) is 0 Å². The van der Waals surface area contributed by atoms with E-state index < -0.39 is 0 Å². The lowest BCUT2D eigenvalue weighted by molar-refractivity contribution is 0.210. The van der Waals surface area contributed by atoms with Crippen LogP contribution in [0.1, 0.15) is 50.8 Å². The summed E-state index contributed by atoms with van der Waals surface area (Å²) in [5.41, 5.74) is 0. The van der Waals surface area contributed by atoms with Crippen molar-refractivity contribution in [2.24, 2.45) is 0 Å². The van der Waals surface area contributed by atoms with Crippen LogP contribution in [0.4, 0.5) is 0 Å². The molecule has 108 valence electrons. The molecule has 0 unspecified atom stereocenters. The van der Waals surface area contributed by atoms with E-state index in [4.69, 9.17) is 0 Å². The molecule has 1 aliphatic carbocycles. The molecule has 0 amide bonds.